The van der Waals surface area contributed by atoms with Crippen LogP contribution in [-0.2, 0) is 6.54 Å². The Labute approximate surface area is 113 Å². The minimum atomic E-state index is 0.813. The van der Waals surface area contributed by atoms with E-state index in [0.717, 1.165) is 17.9 Å². The van der Waals surface area contributed by atoms with Crippen molar-refractivity contribution in [3.8, 4) is 0 Å². The van der Waals surface area contributed by atoms with E-state index in [4.69, 9.17) is 0 Å². The molecule has 2 heteroatoms. The third kappa shape index (κ3) is 3.82. The van der Waals surface area contributed by atoms with Gasteiger partial charge in [0.25, 0.3) is 0 Å². The van der Waals surface area contributed by atoms with Crippen LogP contribution in [0, 0.1) is 6.92 Å². The Morgan fingerprint density at radius 2 is 2.06 bits per heavy atom. The van der Waals surface area contributed by atoms with Gasteiger partial charge in [0.15, 0.2) is 0 Å². The van der Waals surface area contributed by atoms with Gasteiger partial charge >= 0.3 is 0 Å². The molecule has 1 aliphatic rings. The van der Waals surface area contributed by atoms with Crippen molar-refractivity contribution in [2.75, 3.05) is 11.9 Å². The molecule has 0 atom stereocenters. The van der Waals surface area contributed by atoms with Crippen LogP contribution in [0.2, 0.25) is 0 Å². The standard InChI is InChI=1S/C15H22BrN/c1-13-5-4-6-14(11-13)12-17(10-9-16)15-7-2-3-8-15/h4-6,11,15H,2-3,7-10,12H2,1H3. The van der Waals surface area contributed by atoms with Crippen molar-refractivity contribution < 1.29 is 0 Å². The fraction of sp³-hybridized carbons (Fsp3) is 0.600. The van der Waals surface area contributed by atoms with Crippen LogP contribution in [0.3, 0.4) is 0 Å². The summed E-state index contributed by atoms with van der Waals surface area (Å²) < 4.78 is 0. The predicted molar refractivity (Wildman–Crippen MR) is 77.6 cm³/mol. The fourth-order valence-corrected chi connectivity index (χ4v) is 3.27. The van der Waals surface area contributed by atoms with Gasteiger partial charge in [-0.15, -0.1) is 0 Å². The van der Waals surface area contributed by atoms with Gasteiger partial charge in [0.2, 0.25) is 0 Å². The maximum Gasteiger partial charge on any atom is 0.0237 e. The summed E-state index contributed by atoms with van der Waals surface area (Å²) in [6.45, 7) is 4.45. The number of aryl methyl sites for hydroxylation is 1. The van der Waals surface area contributed by atoms with Crippen molar-refractivity contribution in [2.45, 2.75) is 45.2 Å². The first kappa shape index (κ1) is 13.1. The maximum absolute atomic E-state index is 3.58. The summed E-state index contributed by atoms with van der Waals surface area (Å²) in [7, 11) is 0. The molecule has 1 saturated carbocycles. The Balaban J connectivity index is 2.01. The molecule has 0 amide bonds. The number of benzene rings is 1. The number of halogens is 1. The molecule has 1 aromatic rings. The average molecular weight is 296 g/mol. The highest BCUT2D eigenvalue weighted by Crippen LogP contribution is 2.25. The van der Waals surface area contributed by atoms with E-state index in [2.05, 4.69) is 52.0 Å². The molecule has 94 valence electrons. The SMILES string of the molecule is Cc1cccc(CN(CCBr)C2CCCC2)c1. The zero-order valence-electron chi connectivity index (χ0n) is 10.7. The molecular weight excluding hydrogens is 274 g/mol. The first-order valence-corrected chi connectivity index (χ1v) is 7.77. The Hall–Kier alpha value is -0.340. The van der Waals surface area contributed by atoms with Crippen LogP contribution in [0.15, 0.2) is 24.3 Å². The lowest BCUT2D eigenvalue weighted by molar-refractivity contribution is 0.202. The lowest BCUT2D eigenvalue weighted by Crippen LogP contribution is -2.34. The van der Waals surface area contributed by atoms with Gasteiger partial charge in [0.1, 0.15) is 0 Å². The molecule has 0 heterocycles. The minimum Gasteiger partial charge on any atom is -0.295 e. The zero-order chi connectivity index (χ0) is 12.1. The normalized spacial score (nSPS) is 16.9. The fourth-order valence-electron chi connectivity index (χ4n) is 2.81. The Morgan fingerprint density at radius 3 is 2.71 bits per heavy atom. The Bertz CT molecular complexity index is 345. The molecule has 2 rings (SSSR count). The first-order chi connectivity index (χ1) is 8.29. The molecule has 17 heavy (non-hydrogen) atoms. The van der Waals surface area contributed by atoms with Crippen molar-refractivity contribution in [1.29, 1.82) is 0 Å². The summed E-state index contributed by atoms with van der Waals surface area (Å²) in [4.78, 5) is 2.65. The van der Waals surface area contributed by atoms with Crippen molar-refractivity contribution >= 4 is 15.9 Å². The Morgan fingerprint density at radius 1 is 1.29 bits per heavy atom. The van der Waals surface area contributed by atoms with Gasteiger partial charge in [-0.1, -0.05) is 58.6 Å². The highest BCUT2D eigenvalue weighted by atomic mass is 79.9. The summed E-state index contributed by atoms with van der Waals surface area (Å²) in [6.07, 6.45) is 5.60. The molecule has 1 fully saturated rings. The van der Waals surface area contributed by atoms with Gasteiger partial charge in [0.05, 0.1) is 0 Å². The zero-order valence-corrected chi connectivity index (χ0v) is 12.2. The van der Waals surface area contributed by atoms with Gasteiger partial charge in [-0.05, 0) is 25.3 Å². The van der Waals surface area contributed by atoms with E-state index < -0.39 is 0 Å². The van der Waals surface area contributed by atoms with Crippen LogP contribution in [0.1, 0.15) is 36.8 Å². The second-order valence-corrected chi connectivity index (χ2v) is 5.88. The van der Waals surface area contributed by atoms with E-state index in [-0.39, 0.29) is 0 Å². The van der Waals surface area contributed by atoms with Crippen LogP contribution in [0.25, 0.3) is 0 Å². The molecular formula is C15H22BrN. The van der Waals surface area contributed by atoms with Crippen LogP contribution in [0.4, 0.5) is 0 Å². The Kier molecular flexibility index (Phi) is 5.05. The molecule has 0 spiro atoms. The van der Waals surface area contributed by atoms with E-state index in [9.17, 15) is 0 Å². The molecule has 1 aliphatic carbocycles. The topological polar surface area (TPSA) is 3.24 Å². The average Bonchev–Trinajstić information content (AvgIpc) is 2.82. The van der Waals surface area contributed by atoms with Crippen molar-refractivity contribution in [3.63, 3.8) is 0 Å². The van der Waals surface area contributed by atoms with Crippen LogP contribution in [-0.4, -0.2) is 22.8 Å². The number of nitrogens with zero attached hydrogens (tertiary/aromatic N) is 1. The molecule has 0 aliphatic heterocycles. The molecule has 1 aromatic carbocycles. The highest BCUT2D eigenvalue weighted by Gasteiger charge is 2.21. The van der Waals surface area contributed by atoms with E-state index in [1.54, 1.807) is 0 Å². The third-order valence-electron chi connectivity index (χ3n) is 3.68. The second-order valence-electron chi connectivity index (χ2n) is 5.09. The van der Waals surface area contributed by atoms with E-state index in [1.165, 1.54) is 43.4 Å². The van der Waals surface area contributed by atoms with Gasteiger partial charge in [-0.25, -0.2) is 0 Å². The third-order valence-corrected chi connectivity index (χ3v) is 4.04. The first-order valence-electron chi connectivity index (χ1n) is 6.65. The summed E-state index contributed by atoms with van der Waals surface area (Å²) in [5, 5.41) is 1.08. The lowest BCUT2D eigenvalue weighted by Gasteiger charge is -2.28. The maximum atomic E-state index is 3.58. The van der Waals surface area contributed by atoms with Gasteiger partial charge in [-0.3, -0.25) is 4.90 Å². The molecule has 0 saturated heterocycles. The number of alkyl halides is 1. The molecule has 0 aromatic heterocycles. The summed E-state index contributed by atoms with van der Waals surface area (Å²) in [6, 6.07) is 9.73. The largest absolute Gasteiger partial charge is 0.295 e. The quantitative estimate of drug-likeness (QED) is 0.738. The summed E-state index contributed by atoms with van der Waals surface area (Å²) in [5.41, 5.74) is 2.82. The smallest absolute Gasteiger partial charge is 0.0237 e. The predicted octanol–water partition coefficient (Wildman–Crippen LogP) is 4.13. The number of hydrogen-bond acceptors (Lipinski definition) is 1. The molecule has 1 nitrogen and oxygen atoms in total. The minimum absolute atomic E-state index is 0.813. The molecule has 0 radical (unpaired) electrons. The highest BCUT2D eigenvalue weighted by molar-refractivity contribution is 9.09. The van der Waals surface area contributed by atoms with E-state index >= 15 is 0 Å². The van der Waals surface area contributed by atoms with Gasteiger partial charge in [-0.2, -0.15) is 0 Å². The van der Waals surface area contributed by atoms with Crippen molar-refractivity contribution in [2.24, 2.45) is 0 Å². The van der Waals surface area contributed by atoms with E-state index in [0.29, 0.717) is 0 Å². The number of hydrogen-bond donors (Lipinski definition) is 0. The van der Waals surface area contributed by atoms with Crippen molar-refractivity contribution in [3.05, 3.63) is 35.4 Å². The van der Waals surface area contributed by atoms with Crippen LogP contribution < -0.4 is 0 Å². The molecule has 0 N–H and O–H groups in total. The summed E-state index contributed by atoms with van der Waals surface area (Å²) >= 11 is 3.58. The van der Waals surface area contributed by atoms with Crippen LogP contribution in [0.5, 0.6) is 0 Å². The van der Waals surface area contributed by atoms with Gasteiger partial charge < -0.3 is 0 Å². The molecule has 0 bridgehead atoms. The monoisotopic (exact) mass is 295 g/mol. The lowest BCUT2D eigenvalue weighted by atomic mass is 10.1. The van der Waals surface area contributed by atoms with Crippen LogP contribution >= 0.6 is 15.9 Å². The second kappa shape index (κ2) is 6.55. The number of rotatable bonds is 5. The summed E-state index contributed by atoms with van der Waals surface area (Å²) in [5.74, 6) is 0. The van der Waals surface area contributed by atoms with Gasteiger partial charge in [0, 0.05) is 24.5 Å². The van der Waals surface area contributed by atoms with Crippen molar-refractivity contribution in [1.82, 2.24) is 4.90 Å². The molecule has 0 unspecified atom stereocenters. The van der Waals surface area contributed by atoms with E-state index in [1.807, 2.05) is 0 Å².